The average Bonchev–Trinajstić information content (AvgIpc) is 2.73. The molecular formula is C11H19IN4S. The predicted molar refractivity (Wildman–Crippen MR) is 85.1 cm³/mol. The van der Waals surface area contributed by atoms with Crippen LogP contribution < -0.4 is 5.73 Å². The number of aromatic nitrogens is 1. The zero-order valence-electron chi connectivity index (χ0n) is 10.0. The lowest BCUT2D eigenvalue weighted by molar-refractivity contribution is 0.455. The van der Waals surface area contributed by atoms with Crippen LogP contribution in [0.1, 0.15) is 5.56 Å². The van der Waals surface area contributed by atoms with Crippen LogP contribution in [0.5, 0.6) is 0 Å². The predicted octanol–water partition coefficient (Wildman–Crippen LogP) is 1.51. The molecule has 1 aromatic heterocycles. The molecule has 0 aliphatic carbocycles. The molecule has 1 aliphatic rings. The van der Waals surface area contributed by atoms with Crippen molar-refractivity contribution >= 4 is 41.7 Å². The number of thioether (sulfide) groups is 1. The van der Waals surface area contributed by atoms with Crippen LogP contribution in [-0.2, 0) is 13.6 Å². The van der Waals surface area contributed by atoms with Crippen molar-refractivity contribution in [2.45, 2.75) is 6.54 Å². The maximum absolute atomic E-state index is 5.96. The molecule has 1 aliphatic heterocycles. The van der Waals surface area contributed by atoms with Gasteiger partial charge in [0.1, 0.15) is 0 Å². The van der Waals surface area contributed by atoms with Crippen molar-refractivity contribution in [1.82, 2.24) is 9.47 Å². The number of hydrogen-bond acceptors (Lipinski definition) is 2. The molecule has 1 aromatic rings. The smallest absolute Gasteiger partial charge is 0.191 e. The van der Waals surface area contributed by atoms with Gasteiger partial charge in [0.15, 0.2) is 5.96 Å². The second-order valence-corrected chi connectivity index (χ2v) is 5.18. The summed E-state index contributed by atoms with van der Waals surface area (Å²) in [7, 11) is 2.01. The Morgan fingerprint density at radius 1 is 1.47 bits per heavy atom. The van der Waals surface area contributed by atoms with Gasteiger partial charge in [-0.1, -0.05) is 0 Å². The van der Waals surface area contributed by atoms with Crippen molar-refractivity contribution in [3.05, 3.63) is 24.0 Å². The fourth-order valence-corrected chi connectivity index (χ4v) is 2.62. The van der Waals surface area contributed by atoms with Crippen LogP contribution in [0, 0.1) is 0 Å². The number of nitrogens with zero attached hydrogens (tertiary/aromatic N) is 3. The zero-order chi connectivity index (χ0) is 11.4. The average molecular weight is 366 g/mol. The number of aliphatic imine (C=N–C) groups is 1. The molecule has 0 unspecified atom stereocenters. The molecule has 4 nitrogen and oxygen atoms in total. The van der Waals surface area contributed by atoms with E-state index in [4.69, 9.17) is 5.73 Å². The summed E-state index contributed by atoms with van der Waals surface area (Å²) >= 11 is 1.98. The van der Waals surface area contributed by atoms with E-state index in [0.29, 0.717) is 12.5 Å². The Morgan fingerprint density at radius 2 is 2.18 bits per heavy atom. The van der Waals surface area contributed by atoms with Gasteiger partial charge in [0.25, 0.3) is 0 Å². The number of guanidine groups is 1. The molecule has 2 heterocycles. The molecule has 0 atom stereocenters. The lowest BCUT2D eigenvalue weighted by atomic mass is 10.3. The van der Waals surface area contributed by atoms with Crippen molar-refractivity contribution in [3.63, 3.8) is 0 Å². The first-order valence-corrected chi connectivity index (χ1v) is 6.64. The van der Waals surface area contributed by atoms with Gasteiger partial charge in [-0.2, -0.15) is 11.8 Å². The van der Waals surface area contributed by atoms with Crippen LogP contribution in [-0.4, -0.2) is 40.0 Å². The van der Waals surface area contributed by atoms with Crippen LogP contribution in [0.2, 0.25) is 0 Å². The quantitative estimate of drug-likeness (QED) is 0.490. The van der Waals surface area contributed by atoms with Gasteiger partial charge in [-0.05, 0) is 11.6 Å². The summed E-state index contributed by atoms with van der Waals surface area (Å²) in [6.07, 6.45) is 4.10. The summed E-state index contributed by atoms with van der Waals surface area (Å²) in [5.41, 5.74) is 7.17. The SMILES string of the molecule is Cn1ccc(CN=C(N)N2CCSCC2)c1.I. The van der Waals surface area contributed by atoms with Crippen molar-refractivity contribution < 1.29 is 0 Å². The Hall–Kier alpha value is -0.370. The second kappa shape index (κ2) is 7.15. The third-order valence-corrected chi connectivity index (χ3v) is 3.59. The molecule has 0 radical (unpaired) electrons. The van der Waals surface area contributed by atoms with Crippen molar-refractivity contribution in [1.29, 1.82) is 0 Å². The van der Waals surface area contributed by atoms with Gasteiger partial charge in [-0.3, -0.25) is 0 Å². The molecule has 1 saturated heterocycles. The first-order valence-electron chi connectivity index (χ1n) is 5.49. The third kappa shape index (κ3) is 4.42. The molecule has 0 aromatic carbocycles. The lowest BCUT2D eigenvalue weighted by Gasteiger charge is -2.27. The number of nitrogens with two attached hydrogens (primary N) is 1. The monoisotopic (exact) mass is 366 g/mol. The van der Waals surface area contributed by atoms with Crippen molar-refractivity contribution in [2.75, 3.05) is 24.6 Å². The Bertz CT molecular complexity index is 371. The maximum atomic E-state index is 5.96. The third-order valence-electron chi connectivity index (χ3n) is 2.65. The molecule has 0 spiro atoms. The number of aryl methyl sites for hydroxylation is 1. The highest BCUT2D eigenvalue weighted by Crippen LogP contribution is 2.09. The Morgan fingerprint density at radius 3 is 2.76 bits per heavy atom. The number of hydrogen-bond donors (Lipinski definition) is 1. The number of rotatable bonds is 2. The molecule has 0 saturated carbocycles. The van der Waals surface area contributed by atoms with Gasteiger partial charge in [0.2, 0.25) is 0 Å². The Balaban J connectivity index is 0.00000144. The molecule has 2 N–H and O–H groups in total. The molecule has 96 valence electrons. The lowest BCUT2D eigenvalue weighted by Crippen LogP contribution is -2.42. The molecule has 2 rings (SSSR count). The van der Waals surface area contributed by atoms with E-state index < -0.39 is 0 Å². The first-order chi connectivity index (χ1) is 7.75. The summed E-state index contributed by atoms with van der Waals surface area (Å²) in [5.74, 6) is 2.99. The Labute approximate surface area is 124 Å². The minimum absolute atomic E-state index is 0. The maximum Gasteiger partial charge on any atom is 0.191 e. The molecule has 0 amide bonds. The molecule has 17 heavy (non-hydrogen) atoms. The summed E-state index contributed by atoms with van der Waals surface area (Å²) < 4.78 is 2.03. The van der Waals surface area contributed by atoms with Crippen molar-refractivity contribution in [2.24, 2.45) is 17.8 Å². The fourth-order valence-electron chi connectivity index (χ4n) is 1.72. The van der Waals surface area contributed by atoms with E-state index in [1.807, 2.05) is 29.6 Å². The molecule has 0 bridgehead atoms. The van der Waals surface area contributed by atoms with Gasteiger partial charge in [-0.25, -0.2) is 4.99 Å². The summed E-state index contributed by atoms with van der Waals surface area (Å²) in [6, 6.07) is 2.07. The summed E-state index contributed by atoms with van der Waals surface area (Å²) in [6.45, 7) is 2.72. The van der Waals surface area contributed by atoms with Gasteiger partial charge in [0, 0.05) is 44.0 Å². The van der Waals surface area contributed by atoms with E-state index in [-0.39, 0.29) is 24.0 Å². The second-order valence-electron chi connectivity index (χ2n) is 3.96. The largest absolute Gasteiger partial charge is 0.370 e. The van der Waals surface area contributed by atoms with Gasteiger partial charge in [0.05, 0.1) is 6.54 Å². The summed E-state index contributed by atoms with van der Waals surface area (Å²) in [5, 5.41) is 0. The minimum Gasteiger partial charge on any atom is -0.370 e. The van der Waals surface area contributed by atoms with Crippen LogP contribution >= 0.6 is 35.7 Å². The number of halogens is 1. The highest BCUT2D eigenvalue weighted by molar-refractivity contribution is 14.0. The van der Waals surface area contributed by atoms with E-state index in [9.17, 15) is 0 Å². The van der Waals surface area contributed by atoms with Gasteiger partial charge in [-0.15, -0.1) is 24.0 Å². The van der Waals surface area contributed by atoms with E-state index in [2.05, 4.69) is 22.2 Å². The molecule has 6 heteroatoms. The van der Waals surface area contributed by atoms with Crippen molar-refractivity contribution in [3.8, 4) is 0 Å². The van der Waals surface area contributed by atoms with Crippen LogP contribution in [0.4, 0.5) is 0 Å². The molecular weight excluding hydrogens is 347 g/mol. The first kappa shape index (κ1) is 14.7. The standard InChI is InChI=1S/C11H18N4S.HI/c1-14-3-2-10(9-14)8-13-11(12)15-4-6-16-7-5-15;/h2-3,9H,4-8H2,1H3,(H2,12,13);1H. The zero-order valence-corrected chi connectivity index (χ0v) is 13.1. The van der Waals surface area contributed by atoms with E-state index >= 15 is 0 Å². The van der Waals surface area contributed by atoms with E-state index in [1.165, 1.54) is 5.56 Å². The highest BCUT2D eigenvalue weighted by atomic mass is 127. The normalized spacial score (nSPS) is 16.8. The minimum atomic E-state index is 0. The fraction of sp³-hybridized carbons (Fsp3) is 0.545. The van der Waals surface area contributed by atoms with Crippen LogP contribution in [0.3, 0.4) is 0 Å². The van der Waals surface area contributed by atoms with Crippen LogP contribution in [0.25, 0.3) is 0 Å². The van der Waals surface area contributed by atoms with Crippen LogP contribution in [0.15, 0.2) is 23.5 Å². The highest BCUT2D eigenvalue weighted by Gasteiger charge is 2.11. The molecule has 1 fully saturated rings. The van der Waals surface area contributed by atoms with Gasteiger partial charge < -0.3 is 15.2 Å². The van der Waals surface area contributed by atoms with E-state index in [1.54, 1.807) is 0 Å². The van der Waals surface area contributed by atoms with Gasteiger partial charge >= 0.3 is 0 Å². The van der Waals surface area contributed by atoms with E-state index in [0.717, 1.165) is 24.6 Å². The Kier molecular flexibility index (Phi) is 6.18. The summed E-state index contributed by atoms with van der Waals surface area (Å²) in [4.78, 5) is 6.60. The topological polar surface area (TPSA) is 46.6 Å².